The van der Waals surface area contributed by atoms with E-state index < -0.39 is 16.6 Å². The zero-order valence-electron chi connectivity index (χ0n) is 23.6. The first-order valence-electron chi connectivity index (χ1n) is 14.0. The van der Waals surface area contributed by atoms with E-state index in [0.29, 0.717) is 40.0 Å². The van der Waals surface area contributed by atoms with Crippen LogP contribution in [0.1, 0.15) is 45.1 Å². The lowest BCUT2D eigenvalue weighted by Gasteiger charge is -2.29. The minimum Gasteiger partial charge on any atom is -0.489 e. The van der Waals surface area contributed by atoms with Crippen molar-refractivity contribution in [2.45, 2.75) is 45.6 Å². The van der Waals surface area contributed by atoms with Gasteiger partial charge < -0.3 is 20.3 Å². The molecule has 0 aliphatic carbocycles. The third-order valence-electron chi connectivity index (χ3n) is 6.89. The van der Waals surface area contributed by atoms with Crippen LogP contribution < -0.4 is 20.3 Å². The topological polar surface area (TPSA) is 95.2 Å². The summed E-state index contributed by atoms with van der Waals surface area (Å²) in [5.41, 5.74) is 2.97. The van der Waals surface area contributed by atoms with Gasteiger partial charge in [0.1, 0.15) is 29.1 Å². The molecule has 0 spiro atoms. The number of nitriles is 1. The van der Waals surface area contributed by atoms with Crippen molar-refractivity contribution in [3.05, 3.63) is 53.8 Å². The molecule has 0 radical (unpaired) electrons. The monoisotopic (exact) mass is 566 g/mol. The minimum absolute atomic E-state index is 0.00528. The molecule has 2 N–H and O–H groups in total. The van der Waals surface area contributed by atoms with E-state index in [1.54, 1.807) is 17.8 Å². The minimum atomic E-state index is -0.755. The fourth-order valence-corrected chi connectivity index (χ4v) is 5.81. The number of anilines is 2. The lowest BCUT2D eigenvalue weighted by atomic mass is 10.1. The van der Waals surface area contributed by atoms with E-state index in [-0.39, 0.29) is 11.7 Å². The van der Waals surface area contributed by atoms with Gasteiger partial charge in [-0.25, -0.2) is 9.07 Å². The summed E-state index contributed by atoms with van der Waals surface area (Å²) >= 11 is 0. The molecule has 2 fully saturated rings. The van der Waals surface area contributed by atoms with E-state index in [2.05, 4.69) is 20.6 Å². The van der Waals surface area contributed by atoms with Crippen LogP contribution in [0, 0.1) is 17.1 Å². The van der Waals surface area contributed by atoms with Gasteiger partial charge in [0, 0.05) is 65.8 Å². The number of aromatic nitrogens is 2. The summed E-state index contributed by atoms with van der Waals surface area (Å²) in [4.78, 5) is 2.21. The van der Waals surface area contributed by atoms with Crippen molar-refractivity contribution < 1.29 is 13.3 Å². The number of rotatable bonds is 6. The van der Waals surface area contributed by atoms with E-state index >= 15 is 0 Å². The van der Waals surface area contributed by atoms with Crippen molar-refractivity contribution in [1.82, 2.24) is 15.1 Å². The van der Waals surface area contributed by atoms with Crippen LogP contribution in [0.25, 0.3) is 16.9 Å². The van der Waals surface area contributed by atoms with Gasteiger partial charge in [-0.3, -0.25) is 4.21 Å². The number of benzene rings is 2. The molecule has 10 heteroatoms. The summed E-state index contributed by atoms with van der Waals surface area (Å²) in [6, 6.07) is 14.1. The average Bonchev–Trinajstić information content (AvgIpc) is 3.15. The van der Waals surface area contributed by atoms with Crippen LogP contribution in [0.3, 0.4) is 0 Å². The molecule has 0 saturated carbocycles. The lowest BCUT2D eigenvalue weighted by molar-refractivity contribution is 0.241. The number of hydrogen-bond acceptors (Lipinski definition) is 7. The Kier molecular flexibility index (Phi) is 10.6. The Morgan fingerprint density at radius 1 is 1.07 bits per heavy atom. The molecule has 0 atom stereocenters. The zero-order chi connectivity index (χ0) is 28.5. The lowest BCUT2D eigenvalue weighted by Crippen LogP contribution is -2.37. The number of nitrogens with one attached hydrogen (secondary N) is 2. The van der Waals surface area contributed by atoms with E-state index in [9.17, 15) is 8.60 Å². The molecule has 1 aromatic heterocycles. The third-order valence-corrected chi connectivity index (χ3v) is 8.16. The molecule has 214 valence electrons. The van der Waals surface area contributed by atoms with E-state index in [1.165, 1.54) is 50.9 Å². The number of hydrogen-bond donors (Lipinski definition) is 2. The van der Waals surface area contributed by atoms with Gasteiger partial charge in [0.15, 0.2) is 0 Å². The molecule has 2 aliphatic rings. The predicted octanol–water partition coefficient (Wildman–Crippen LogP) is 5.10. The average molecular weight is 567 g/mol. The fraction of sp³-hybridized carbons (Fsp3) is 0.467. The standard InChI is InChI=1S/C24H26FN5O2S.C6H13N/c1-16(2)32-23-13-19(29-8-10-33(31)11-9-29)6-7-21(23)30-22(14-24(27-3)28-30)17-4-5-18(15-26)20(25)12-17;1-2-4-6-7-5-3-1/h4-7,12-14,16H,8-11H2,1-3H3,(H,27,28);7H,1-6H2. The highest BCUT2D eigenvalue weighted by Crippen LogP contribution is 2.34. The molecule has 40 heavy (non-hydrogen) atoms. The summed E-state index contributed by atoms with van der Waals surface area (Å²) in [7, 11) is 1.01. The van der Waals surface area contributed by atoms with Crippen LogP contribution in [-0.2, 0) is 10.8 Å². The van der Waals surface area contributed by atoms with Crippen LogP contribution in [-0.4, -0.2) is 64.8 Å². The molecule has 3 heterocycles. The predicted molar refractivity (Wildman–Crippen MR) is 160 cm³/mol. The molecule has 3 aromatic rings. The maximum absolute atomic E-state index is 14.4. The molecular formula is C30H39FN6O2S. The second-order valence-electron chi connectivity index (χ2n) is 10.2. The van der Waals surface area contributed by atoms with Crippen LogP contribution in [0.5, 0.6) is 5.75 Å². The van der Waals surface area contributed by atoms with Crippen molar-refractivity contribution in [3.8, 4) is 28.8 Å². The molecule has 5 rings (SSSR count). The normalized spacial score (nSPS) is 16.1. The maximum atomic E-state index is 14.4. The maximum Gasteiger partial charge on any atom is 0.148 e. The molecule has 2 aliphatic heterocycles. The van der Waals surface area contributed by atoms with E-state index in [0.717, 1.165) is 18.8 Å². The summed E-state index contributed by atoms with van der Waals surface area (Å²) in [6.45, 7) is 7.88. The van der Waals surface area contributed by atoms with Gasteiger partial charge >= 0.3 is 0 Å². The first-order chi connectivity index (χ1) is 19.4. The molecule has 0 amide bonds. The first-order valence-corrected chi connectivity index (χ1v) is 15.5. The Hall–Kier alpha value is -3.42. The van der Waals surface area contributed by atoms with Crippen molar-refractivity contribution >= 4 is 22.3 Å². The second-order valence-corrected chi connectivity index (χ2v) is 11.9. The highest BCUT2D eigenvalue weighted by molar-refractivity contribution is 7.85. The quantitative estimate of drug-likeness (QED) is 0.429. The van der Waals surface area contributed by atoms with Crippen molar-refractivity contribution in [2.24, 2.45) is 0 Å². The molecule has 0 unspecified atom stereocenters. The summed E-state index contributed by atoms with van der Waals surface area (Å²) in [5.74, 6) is 2.00. The Morgan fingerprint density at radius 2 is 1.80 bits per heavy atom. The van der Waals surface area contributed by atoms with Crippen molar-refractivity contribution in [1.29, 1.82) is 5.26 Å². The van der Waals surface area contributed by atoms with Crippen LogP contribution in [0.4, 0.5) is 15.9 Å². The van der Waals surface area contributed by atoms with Gasteiger partial charge in [-0.05, 0) is 64.0 Å². The second kappa shape index (κ2) is 14.3. The van der Waals surface area contributed by atoms with Crippen LogP contribution in [0.2, 0.25) is 0 Å². The van der Waals surface area contributed by atoms with Crippen LogP contribution >= 0.6 is 0 Å². The molecule has 0 bridgehead atoms. The highest BCUT2D eigenvalue weighted by Gasteiger charge is 2.21. The van der Waals surface area contributed by atoms with Gasteiger partial charge in [-0.2, -0.15) is 5.26 Å². The molecule has 2 aromatic carbocycles. The Balaban J connectivity index is 0.000000461. The smallest absolute Gasteiger partial charge is 0.148 e. The number of halogens is 1. The number of ether oxygens (including phenoxy) is 1. The van der Waals surface area contributed by atoms with E-state index in [1.807, 2.05) is 44.2 Å². The molecular weight excluding hydrogens is 527 g/mol. The largest absolute Gasteiger partial charge is 0.489 e. The van der Waals surface area contributed by atoms with Crippen molar-refractivity contribution in [3.63, 3.8) is 0 Å². The third kappa shape index (κ3) is 7.61. The fourth-order valence-electron chi connectivity index (χ4n) is 4.76. The number of nitrogens with zero attached hydrogens (tertiary/aromatic N) is 4. The SMILES string of the molecule is C1CCCNCC1.CNc1cc(-c2ccc(C#N)c(F)c2)n(-c2ccc(N3CCS(=O)CC3)cc2OC(C)C)n1. The van der Waals surface area contributed by atoms with Crippen LogP contribution in [0.15, 0.2) is 42.5 Å². The van der Waals surface area contributed by atoms with Gasteiger partial charge in [-0.15, -0.1) is 5.10 Å². The van der Waals surface area contributed by atoms with Crippen molar-refractivity contribution in [2.75, 3.05) is 54.9 Å². The summed E-state index contributed by atoms with van der Waals surface area (Å²) in [5, 5.41) is 20.1. The zero-order valence-corrected chi connectivity index (χ0v) is 24.4. The van der Waals surface area contributed by atoms with Gasteiger partial charge in [0.25, 0.3) is 0 Å². The van der Waals surface area contributed by atoms with Gasteiger partial charge in [-0.1, -0.05) is 18.9 Å². The van der Waals surface area contributed by atoms with Gasteiger partial charge in [0.05, 0.1) is 17.4 Å². The van der Waals surface area contributed by atoms with Gasteiger partial charge in [0.2, 0.25) is 0 Å². The Morgan fingerprint density at radius 3 is 2.42 bits per heavy atom. The molecule has 8 nitrogen and oxygen atoms in total. The first kappa shape index (κ1) is 29.6. The summed E-state index contributed by atoms with van der Waals surface area (Å²) in [6.07, 6.45) is 5.59. The van der Waals surface area contributed by atoms with E-state index in [4.69, 9.17) is 10.00 Å². The summed E-state index contributed by atoms with van der Waals surface area (Å²) < 4.78 is 34.0. The highest BCUT2D eigenvalue weighted by atomic mass is 32.2. The molecule has 2 saturated heterocycles. The Bertz CT molecular complexity index is 1320. The Labute approximate surface area is 239 Å².